The molecule has 2 aliphatic heterocycles. The summed E-state index contributed by atoms with van der Waals surface area (Å²) in [4.78, 5) is 18.8. The number of likely N-dealkylation sites (tertiary alicyclic amines) is 1. The van der Waals surface area contributed by atoms with Crippen LogP contribution in [-0.2, 0) is 11.2 Å². The first-order chi connectivity index (χ1) is 24.8. The number of benzene rings is 2. The van der Waals surface area contributed by atoms with Crippen molar-refractivity contribution in [2.75, 3.05) is 58.0 Å². The van der Waals surface area contributed by atoms with Gasteiger partial charge in [-0.2, -0.15) is 9.97 Å². The van der Waals surface area contributed by atoms with Gasteiger partial charge >= 0.3 is 6.01 Å². The number of ether oxygens (including phenoxy) is 3. The zero-order valence-corrected chi connectivity index (χ0v) is 29.5. The molecule has 3 atom stereocenters. The zero-order valence-electron chi connectivity index (χ0n) is 29.5. The monoisotopic (exact) mass is 703 g/mol. The molecule has 12 heteroatoms. The molecule has 4 heterocycles. The number of β-amino-alcohol motifs (C(OH)–C–C–N with tert-alkyl or cyclic N) is 1. The first-order valence-corrected chi connectivity index (χ1v) is 18.6. The molecule has 0 bridgehead atoms. The van der Waals surface area contributed by atoms with Crippen LogP contribution >= 0.6 is 0 Å². The molecule has 4 aliphatic rings. The maximum Gasteiger partial charge on any atom is 0.319 e. The van der Waals surface area contributed by atoms with Gasteiger partial charge in [0.15, 0.2) is 5.82 Å². The summed E-state index contributed by atoms with van der Waals surface area (Å²) < 4.78 is 50.4. The summed E-state index contributed by atoms with van der Waals surface area (Å²) in [6.45, 7) is 5.58. The minimum Gasteiger partial charge on any atom is -0.508 e. The number of rotatable bonds is 9. The van der Waals surface area contributed by atoms with Crippen molar-refractivity contribution in [3.05, 3.63) is 41.5 Å². The standard InChI is InChI=1S/C39H47F2N5O5/c1-3-27-29(40)11-10-24-17-25(47)18-28(31(24)27)34-33(41)35-32(37(42-34)49-2)36(46-15-16-50-21-26(48)20-46)44-38(43-35)51-22-39-12-5-9-30(39)45(14-6-13-39)19-23-7-4-8-23/h10-11,17-18,23,26,30,47-48H,3-9,12-16,19-22H2,1-2H3. The van der Waals surface area contributed by atoms with Crippen molar-refractivity contribution >= 4 is 27.5 Å². The lowest BCUT2D eigenvalue weighted by atomic mass is 9.74. The molecule has 272 valence electrons. The number of aryl methyl sites for hydroxylation is 1. The fraction of sp³-hybridized carbons (Fsp3) is 0.564. The Labute approximate surface area is 296 Å². The van der Waals surface area contributed by atoms with Gasteiger partial charge in [0.2, 0.25) is 5.88 Å². The number of aliphatic hydroxyl groups excluding tert-OH is 1. The van der Waals surface area contributed by atoms with E-state index in [0.29, 0.717) is 54.4 Å². The van der Waals surface area contributed by atoms with Crippen molar-refractivity contribution in [1.82, 2.24) is 19.9 Å². The summed E-state index contributed by atoms with van der Waals surface area (Å²) in [6, 6.07) is 6.32. The Kier molecular flexibility index (Phi) is 9.35. The number of aliphatic hydroxyl groups is 1. The first-order valence-electron chi connectivity index (χ1n) is 18.6. The summed E-state index contributed by atoms with van der Waals surface area (Å²) >= 11 is 0. The van der Waals surface area contributed by atoms with Gasteiger partial charge in [0, 0.05) is 36.7 Å². The maximum atomic E-state index is 17.2. The van der Waals surface area contributed by atoms with E-state index in [0.717, 1.165) is 51.1 Å². The molecule has 51 heavy (non-hydrogen) atoms. The third-order valence-corrected chi connectivity index (χ3v) is 11.8. The molecule has 0 spiro atoms. The molecule has 2 aromatic heterocycles. The van der Waals surface area contributed by atoms with Crippen molar-refractivity contribution in [3.8, 4) is 28.9 Å². The second kappa shape index (κ2) is 13.9. The summed E-state index contributed by atoms with van der Waals surface area (Å²) in [5.41, 5.74) is 0.370. The Morgan fingerprint density at radius 3 is 2.65 bits per heavy atom. The molecular weight excluding hydrogens is 656 g/mol. The molecular formula is C39H47F2N5O5. The maximum absolute atomic E-state index is 17.2. The molecule has 2 aromatic carbocycles. The topological polar surface area (TPSA) is 113 Å². The third-order valence-electron chi connectivity index (χ3n) is 11.8. The fourth-order valence-electron chi connectivity index (χ4n) is 9.19. The predicted octanol–water partition coefficient (Wildman–Crippen LogP) is 6.41. The third kappa shape index (κ3) is 6.23. The van der Waals surface area contributed by atoms with Crippen LogP contribution in [0.15, 0.2) is 24.3 Å². The number of anilines is 1. The van der Waals surface area contributed by atoms with Crippen LogP contribution in [-0.4, -0.2) is 95.3 Å². The number of fused-ring (bicyclic) bond motifs is 3. The van der Waals surface area contributed by atoms with E-state index in [4.69, 9.17) is 24.2 Å². The predicted molar refractivity (Wildman–Crippen MR) is 191 cm³/mol. The van der Waals surface area contributed by atoms with E-state index >= 15 is 8.78 Å². The number of methoxy groups -OCH3 is 1. The number of piperidine rings is 1. The number of hydrogen-bond acceptors (Lipinski definition) is 10. The zero-order chi connectivity index (χ0) is 35.3. The van der Waals surface area contributed by atoms with Crippen LogP contribution < -0.4 is 14.4 Å². The molecule has 4 aromatic rings. The van der Waals surface area contributed by atoms with Crippen LogP contribution in [0, 0.1) is 23.0 Å². The Hall–Kier alpha value is -3.87. The SMILES string of the molecule is CCc1c(F)ccc2cc(O)cc(-c3nc(OC)c4c(N5CCOCC(O)C5)nc(OCC56CCCC5N(CC5CCC5)CCC6)nc4c3F)c12. The summed E-state index contributed by atoms with van der Waals surface area (Å²) in [6.07, 6.45) is 9.03. The van der Waals surface area contributed by atoms with Crippen LogP contribution in [0.1, 0.15) is 63.9 Å². The largest absolute Gasteiger partial charge is 0.508 e. The number of hydrogen-bond donors (Lipinski definition) is 2. The molecule has 0 amide bonds. The van der Waals surface area contributed by atoms with Crippen LogP contribution in [0.5, 0.6) is 17.6 Å². The van der Waals surface area contributed by atoms with Gasteiger partial charge in [-0.05, 0) is 91.9 Å². The first kappa shape index (κ1) is 34.2. The minimum atomic E-state index is -0.798. The second-order valence-corrected chi connectivity index (χ2v) is 14.9. The van der Waals surface area contributed by atoms with E-state index in [2.05, 4.69) is 9.88 Å². The van der Waals surface area contributed by atoms with Crippen molar-refractivity contribution in [2.24, 2.45) is 11.3 Å². The summed E-state index contributed by atoms with van der Waals surface area (Å²) in [7, 11) is 1.44. The normalized spacial score (nSPS) is 24.5. The van der Waals surface area contributed by atoms with E-state index in [-0.39, 0.29) is 58.4 Å². The molecule has 3 unspecified atom stereocenters. The van der Waals surface area contributed by atoms with E-state index in [1.165, 1.54) is 44.6 Å². The van der Waals surface area contributed by atoms with Crippen LogP contribution in [0.4, 0.5) is 14.6 Å². The number of nitrogens with zero attached hydrogens (tertiary/aromatic N) is 5. The van der Waals surface area contributed by atoms with Gasteiger partial charge in [0.05, 0.1) is 33.0 Å². The highest BCUT2D eigenvalue weighted by Gasteiger charge is 2.49. The number of aromatic nitrogens is 3. The van der Waals surface area contributed by atoms with Crippen molar-refractivity contribution < 1.29 is 33.2 Å². The van der Waals surface area contributed by atoms with Gasteiger partial charge in [-0.15, -0.1) is 0 Å². The summed E-state index contributed by atoms with van der Waals surface area (Å²) in [5.74, 6) is -0.137. The van der Waals surface area contributed by atoms with Crippen LogP contribution in [0.3, 0.4) is 0 Å². The van der Waals surface area contributed by atoms with Gasteiger partial charge < -0.3 is 29.3 Å². The number of halogens is 2. The van der Waals surface area contributed by atoms with Gasteiger partial charge in [-0.1, -0.05) is 25.8 Å². The van der Waals surface area contributed by atoms with Gasteiger partial charge in [0.1, 0.15) is 34.0 Å². The van der Waals surface area contributed by atoms with Crippen molar-refractivity contribution in [3.63, 3.8) is 0 Å². The highest BCUT2D eigenvalue weighted by atomic mass is 19.1. The van der Waals surface area contributed by atoms with E-state index in [9.17, 15) is 10.2 Å². The van der Waals surface area contributed by atoms with Gasteiger partial charge in [0.25, 0.3) is 0 Å². The molecule has 10 nitrogen and oxygen atoms in total. The van der Waals surface area contributed by atoms with Gasteiger partial charge in [-0.25, -0.2) is 13.8 Å². The average Bonchev–Trinajstić information content (AvgIpc) is 3.43. The van der Waals surface area contributed by atoms with Gasteiger partial charge in [-0.3, -0.25) is 4.90 Å². The van der Waals surface area contributed by atoms with Crippen LogP contribution in [0.25, 0.3) is 32.9 Å². The van der Waals surface area contributed by atoms with Crippen molar-refractivity contribution in [2.45, 2.75) is 76.9 Å². The molecule has 2 saturated heterocycles. The Morgan fingerprint density at radius 1 is 1.02 bits per heavy atom. The number of aromatic hydroxyl groups is 1. The van der Waals surface area contributed by atoms with Crippen LogP contribution in [0.2, 0.25) is 0 Å². The number of phenols is 1. The van der Waals surface area contributed by atoms with E-state index in [1.807, 2.05) is 11.8 Å². The fourth-order valence-corrected chi connectivity index (χ4v) is 9.19. The highest BCUT2D eigenvalue weighted by Crippen LogP contribution is 2.49. The number of phenolic OH excluding ortho intramolecular Hbond substituents is 1. The Bertz CT molecular complexity index is 1940. The van der Waals surface area contributed by atoms with E-state index in [1.54, 1.807) is 6.07 Å². The smallest absolute Gasteiger partial charge is 0.319 e. The minimum absolute atomic E-state index is 0.0339. The lowest BCUT2D eigenvalue weighted by molar-refractivity contribution is -0.0133. The molecule has 2 aliphatic carbocycles. The Morgan fingerprint density at radius 2 is 1.86 bits per heavy atom. The number of pyridine rings is 1. The highest BCUT2D eigenvalue weighted by molar-refractivity contribution is 6.03. The molecule has 2 saturated carbocycles. The molecule has 8 rings (SSSR count). The Balaban J connectivity index is 1.26. The van der Waals surface area contributed by atoms with Crippen molar-refractivity contribution in [1.29, 1.82) is 0 Å². The lowest BCUT2D eigenvalue weighted by Crippen LogP contribution is -2.53. The van der Waals surface area contributed by atoms with E-state index < -0.39 is 17.7 Å². The second-order valence-electron chi connectivity index (χ2n) is 14.9. The summed E-state index contributed by atoms with van der Waals surface area (Å²) in [5, 5.41) is 22.7. The average molecular weight is 704 g/mol. The molecule has 0 radical (unpaired) electrons. The lowest BCUT2D eigenvalue weighted by Gasteiger charge is -2.48. The quantitative estimate of drug-likeness (QED) is 0.203. The molecule has 4 fully saturated rings. The molecule has 2 N–H and O–H groups in total.